The van der Waals surface area contributed by atoms with Gasteiger partial charge in [0.1, 0.15) is 5.75 Å². The summed E-state index contributed by atoms with van der Waals surface area (Å²) in [6, 6.07) is 3.22. The SMILES string of the molecule is Oc1ccc(Cl)c(Br)c1CBr. The van der Waals surface area contributed by atoms with E-state index in [2.05, 4.69) is 31.9 Å². The normalized spacial score (nSPS) is 10.1. The highest BCUT2D eigenvalue weighted by Crippen LogP contribution is 2.33. The minimum atomic E-state index is 0.248. The number of phenols is 1. The number of aromatic hydroxyl groups is 1. The molecule has 1 nitrogen and oxygen atoms in total. The topological polar surface area (TPSA) is 20.2 Å². The fourth-order valence-electron chi connectivity index (χ4n) is 0.710. The quantitative estimate of drug-likeness (QED) is 0.784. The molecule has 0 aliphatic carbocycles. The molecule has 0 fully saturated rings. The molecule has 0 aliphatic rings. The van der Waals surface area contributed by atoms with Crippen molar-refractivity contribution in [1.29, 1.82) is 0 Å². The molecule has 0 aromatic heterocycles. The van der Waals surface area contributed by atoms with Gasteiger partial charge in [-0.05, 0) is 28.1 Å². The van der Waals surface area contributed by atoms with Crippen molar-refractivity contribution in [1.82, 2.24) is 0 Å². The molecule has 1 aromatic carbocycles. The Balaban J connectivity index is 3.29. The van der Waals surface area contributed by atoms with Crippen LogP contribution in [-0.2, 0) is 5.33 Å². The van der Waals surface area contributed by atoms with Gasteiger partial charge in [0, 0.05) is 15.4 Å². The fourth-order valence-corrected chi connectivity index (χ4v) is 2.31. The Hall–Kier alpha value is 0.270. The van der Waals surface area contributed by atoms with Crippen LogP contribution in [0.2, 0.25) is 5.02 Å². The van der Waals surface area contributed by atoms with Gasteiger partial charge >= 0.3 is 0 Å². The van der Waals surface area contributed by atoms with E-state index in [1.54, 1.807) is 12.1 Å². The number of hydrogen-bond donors (Lipinski definition) is 1. The molecular formula is C7H5Br2ClO. The van der Waals surface area contributed by atoms with E-state index in [1.807, 2.05) is 0 Å². The molecule has 1 aromatic rings. The molecule has 1 N–H and O–H groups in total. The average Bonchev–Trinajstić information content (AvgIpc) is 1.99. The lowest BCUT2D eigenvalue weighted by Crippen LogP contribution is -1.82. The Morgan fingerprint density at radius 1 is 1.45 bits per heavy atom. The van der Waals surface area contributed by atoms with E-state index in [4.69, 9.17) is 11.6 Å². The second-order valence-electron chi connectivity index (χ2n) is 1.99. The summed E-state index contributed by atoms with van der Waals surface area (Å²) in [6.07, 6.45) is 0. The number of hydrogen-bond acceptors (Lipinski definition) is 1. The first-order valence-corrected chi connectivity index (χ1v) is 5.18. The van der Waals surface area contributed by atoms with Gasteiger partial charge in [0.15, 0.2) is 0 Å². The molecule has 0 spiro atoms. The molecule has 0 atom stereocenters. The van der Waals surface area contributed by atoms with Crippen molar-refractivity contribution in [2.75, 3.05) is 0 Å². The molecule has 1 rings (SSSR count). The zero-order valence-electron chi connectivity index (χ0n) is 5.44. The van der Waals surface area contributed by atoms with Gasteiger partial charge in [0.2, 0.25) is 0 Å². The summed E-state index contributed by atoms with van der Waals surface area (Å²) in [5.41, 5.74) is 0.775. The van der Waals surface area contributed by atoms with E-state index in [0.717, 1.165) is 10.0 Å². The number of rotatable bonds is 1. The zero-order chi connectivity index (χ0) is 8.43. The van der Waals surface area contributed by atoms with Crippen LogP contribution in [0.1, 0.15) is 5.56 Å². The maximum Gasteiger partial charge on any atom is 0.120 e. The molecule has 0 heterocycles. The first-order valence-electron chi connectivity index (χ1n) is 2.88. The maximum atomic E-state index is 9.30. The summed E-state index contributed by atoms with van der Waals surface area (Å²) in [5, 5.41) is 10.5. The Morgan fingerprint density at radius 3 is 2.55 bits per heavy atom. The molecule has 0 amide bonds. The molecule has 4 heteroatoms. The number of benzene rings is 1. The highest BCUT2D eigenvalue weighted by molar-refractivity contribution is 9.10. The van der Waals surface area contributed by atoms with Gasteiger partial charge in [-0.2, -0.15) is 0 Å². The van der Waals surface area contributed by atoms with Crippen LogP contribution in [0.3, 0.4) is 0 Å². The summed E-state index contributed by atoms with van der Waals surface area (Å²) in [5.74, 6) is 0.248. The monoisotopic (exact) mass is 298 g/mol. The van der Waals surface area contributed by atoms with Crippen molar-refractivity contribution in [2.45, 2.75) is 5.33 Å². The van der Waals surface area contributed by atoms with Crippen molar-refractivity contribution in [3.05, 3.63) is 27.2 Å². The number of halogens is 3. The van der Waals surface area contributed by atoms with Crippen LogP contribution in [0, 0.1) is 0 Å². The Kier molecular flexibility index (Phi) is 3.22. The second kappa shape index (κ2) is 3.78. The van der Waals surface area contributed by atoms with Crippen LogP contribution in [0.25, 0.3) is 0 Å². The van der Waals surface area contributed by atoms with Gasteiger partial charge in [-0.1, -0.05) is 27.5 Å². The molecule has 0 radical (unpaired) electrons. The van der Waals surface area contributed by atoms with Gasteiger partial charge in [0.05, 0.1) is 5.02 Å². The summed E-state index contributed by atoms with van der Waals surface area (Å²) >= 11 is 12.3. The van der Waals surface area contributed by atoms with Crippen molar-refractivity contribution < 1.29 is 5.11 Å². The van der Waals surface area contributed by atoms with Gasteiger partial charge in [-0.3, -0.25) is 0 Å². The molecule has 0 unspecified atom stereocenters. The van der Waals surface area contributed by atoms with Crippen molar-refractivity contribution in [3.63, 3.8) is 0 Å². The largest absolute Gasteiger partial charge is 0.508 e. The first kappa shape index (κ1) is 9.36. The van der Waals surface area contributed by atoms with Gasteiger partial charge in [-0.15, -0.1) is 0 Å². The lowest BCUT2D eigenvalue weighted by Gasteiger charge is -2.04. The highest BCUT2D eigenvalue weighted by atomic mass is 79.9. The van der Waals surface area contributed by atoms with Crippen molar-refractivity contribution in [3.8, 4) is 5.75 Å². The van der Waals surface area contributed by atoms with Gasteiger partial charge in [-0.25, -0.2) is 0 Å². The molecule has 0 saturated heterocycles. The molecule has 11 heavy (non-hydrogen) atoms. The van der Waals surface area contributed by atoms with E-state index >= 15 is 0 Å². The summed E-state index contributed by atoms with van der Waals surface area (Å²) in [4.78, 5) is 0. The Labute approximate surface area is 86.6 Å². The third-order valence-corrected chi connectivity index (χ3v) is 3.31. The van der Waals surface area contributed by atoms with Gasteiger partial charge in [0.25, 0.3) is 0 Å². The predicted octanol–water partition coefficient (Wildman–Crippen LogP) is 3.70. The van der Waals surface area contributed by atoms with Crippen LogP contribution in [0.15, 0.2) is 16.6 Å². The van der Waals surface area contributed by atoms with Crippen LogP contribution in [0.5, 0.6) is 5.75 Å². The van der Waals surface area contributed by atoms with Crippen LogP contribution in [-0.4, -0.2) is 5.11 Å². The lowest BCUT2D eigenvalue weighted by atomic mass is 10.2. The molecular weight excluding hydrogens is 295 g/mol. The third kappa shape index (κ3) is 1.89. The van der Waals surface area contributed by atoms with E-state index < -0.39 is 0 Å². The third-order valence-electron chi connectivity index (χ3n) is 1.30. The van der Waals surface area contributed by atoms with Crippen LogP contribution < -0.4 is 0 Å². The predicted molar refractivity (Wildman–Crippen MR) is 53.4 cm³/mol. The molecule has 60 valence electrons. The minimum Gasteiger partial charge on any atom is -0.508 e. The Morgan fingerprint density at radius 2 is 2.09 bits per heavy atom. The average molecular weight is 300 g/mol. The molecule has 0 bridgehead atoms. The summed E-state index contributed by atoms with van der Waals surface area (Å²) in [6.45, 7) is 0. The van der Waals surface area contributed by atoms with Crippen LogP contribution in [0.4, 0.5) is 0 Å². The molecule has 0 saturated carbocycles. The zero-order valence-corrected chi connectivity index (χ0v) is 9.37. The van der Waals surface area contributed by atoms with Crippen molar-refractivity contribution >= 4 is 43.5 Å². The fraction of sp³-hybridized carbons (Fsp3) is 0.143. The number of phenolic OH excluding ortho intramolecular Hbond substituents is 1. The highest BCUT2D eigenvalue weighted by Gasteiger charge is 2.07. The van der Waals surface area contributed by atoms with E-state index in [-0.39, 0.29) is 5.75 Å². The first-order chi connectivity index (χ1) is 5.16. The lowest BCUT2D eigenvalue weighted by molar-refractivity contribution is 0.470. The Bertz CT molecular complexity index is 275. The van der Waals surface area contributed by atoms with E-state index in [0.29, 0.717) is 10.4 Å². The van der Waals surface area contributed by atoms with Gasteiger partial charge < -0.3 is 5.11 Å². The van der Waals surface area contributed by atoms with Crippen LogP contribution >= 0.6 is 43.5 Å². The van der Waals surface area contributed by atoms with E-state index in [9.17, 15) is 5.11 Å². The standard InChI is InChI=1S/C7H5Br2ClO/c8-3-4-6(11)2-1-5(10)7(4)9/h1-2,11H,3H2. The number of alkyl halides is 1. The molecule has 0 aliphatic heterocycles. The smallest absolute Gasteiger partial charge is 0.120 e. The minimum absolute atomic E-state index is 0.248. The maximum absolute atomic E-state index is 9.30. The summed E-state index contributed by atoms with van der Waals surface area (Å²) in [7, 11) is 0. The second-order valence-corrected chi connectivity index (χ2v) is 3.75. The van der Waals surface area contributed by atoms with Crippen molar-refractivity contribution in [2.24, 2.45) is 0 Å². The summed E-state index contributed by atoms with van der Waals surface area (Å²) < 4.78 is 0.746. The van der Waals surface area contributed by atoms with E-state index in [1.165, 1.54) is 0 Å².